The maximum absolute atomic E-state index is 15.0. The number of esters is 1. The second kappa shape index (κ2) is 9.74. The number of carbonyl (C=O) groups excluding carboxylic acids is 1. The van der Waals surface area contributed by atoms with Gasteiger partial charge in [0.2, 0.25) is 11.7 Å². The van der Waals surface area contributed by atoms with Crippen molar-refractivity contribution in [2.45, 2.75) is 45.6 Å². The molecular weight excluding hydrogens is 451 g/mol. The van der Waals surface area contributed by atoms with Crippen LogP contribution in [0, 0.1) is 5.82 Å². The summed E-state index contributed by atoms with van der Waals surface area (Å²) in [5.74, 6) is -0.114. The van der Waals surface area contributed by atoms with Gasteiger partial charge in [-0.2, -0.15) is 4.98 Å². The Hall–Kier alpha value is -3.20. The van der Waals surface area contributed by atoms with E-state index in [9.17, 15) is 9.18 Å². The largest absolute Gasteiger partial charge is 0.474 e. The topological polar surface area (TPSA) is 99.4 Å². The molecule has 0 bridgehead atoms. The Balaban J connectivity index is 1.53. The average Bonchev–Trinajstić information content (AvgIpc) is 3.40. The molecule has 0 spiro atoms. The van der Waals surface area contributed by atoms with Gasteiger partial charge in [0.1, 0.15) is 10.8 Å². The summed E-state index contributed by atoms with van der Waals surface area (Å²) in [6, 6.07) is 4.74. The number of nitrogens with zero attached hydrogens (tertiary/aromatic N) is 3. The molecule has 1 unspecified atom stereocenters. The van der Waals surface area contributed by atoms with E-state index in [-0.39, 0.29) is 41.7 Å². The van der Waals surface area contributed by atoms with Gasteiger partial charge in [0.15, 0.2) is 0 Å². The predicted octanol–water partition coefficient (Wildman–Crippen LogP) is 5.23. The zero-order valence-corrected chi connectivity index (χ0v) is 19.3. The maximum atomic E-state index is 15.0. The van der Waals surface area contributed by atoms with Crippen LogP contribution in [-0.4, -0.2) is 40.3 Å². The third-order valence-corrected chi connectivity index (χ3v) is 5.46. The first-order valence-corrected chi connectivity index (χ1v) is 11.1. The van der Waals surface area contributed by atoms with E-state index in [0.717, 1.165) is 11.3 Å². The quantitative estimate of drug-likeness (QED) is 0.443. The molecule has 8 nitrogen and oxygen atoms in total. The normalized spacial score (nSPS) is 14.8. The third kappa shape index (κ3) is 5.08. The lowest BCUT2D eigenvalue weighted by molar-refractivity contribution is -0.143. The second-order valence-corrected chi connectivity index (χ2v) is 8.35. The molecule has 2 aromatic heterocycles. The van der Waals surface area contributed by atoms with Gasteiger partial charge in [-0.05, 0) is 51.0 Å². The summed E-state index contributed by atoms with van der Waals surface area (Å²) < 4.78 is 30.8. The zero-order valence-electron chi connectivity index (χ0n) is 18.5. The molecule has 0 saturated heterocycles. The number of nitrogens with one attached hydrogen (secondary N) is 1. The molecule has 0 aliphatic carbocycles. The van der Waals surface area contributed by atoms with Gasteiger partial charge in [-0.3, -0.25) is 4.79 Å². The third-order valence-electron chi connectivity index (χ3n) is 5.19. The number of fused-ring (bicyclic) bond motifs is 1. The summed E-state index contributed by atoms with van der Waals surface area (Å²) in [6.07, 6.45) is 2.30. The van der Waals surface area contributed by atoms with Crippen molar-refractivity contribution in [3.63, 3.8) is 0 Å². The molecule has 10 heteroatoms. The van der Waals surface area contributed by atoms with E-state index in [1.165, 1.54) is 12.3 Å². The summed E-state index contributed by atoms with van der Waals surface area (Å²) in [6.45, 7) is 6.48. The fraction of sp³-hybridized carbons (Fsp3) is 0.391. The van der Waals surface area contributed by atoms with E-state index in [1.807, 2.05) is 13.8 Å². The highest BCUT2D eigenvalue weighted by Gasteiger charge is 2.26. The minimum atomic E-state index is -0.470. The van der Waals surface area contributed by atoms with Crippen LogP contribution in [0.4, 0.5) is 10.1 Å². The highest BCUT2D eigenvalue weighted by molar-refractivity contribution is 6.32. The lowest BCUT2D eigenvalue weighted by Crippen LogP contribution is -2.08. The lowest BCUT2D eigenvalue weighted by atomic mass is 9.95. The van der Waals surface area contributed by atoms with Crippen molar-refractivity contribution in [1.82, 2.24) is 15.1 Å². The van der Waals surface area contributed by atoms with Crippen LogP contribution in [0.2, 0.25) is 5.02 Å². The van der Waals surface area contributed by atoms with Crippen LogP contribution in [0.3, 0.4) is 0 Å². The van der Waals surface area contributed by atoms with E-state index in [4.69, 9.17) is 25.6 Å². The first-order chi connectivity index (χ1) is 15.9. The summed E-state index contributed by atoms with van der Waals surface area (Å²) in [7, 11) is 0. The Morgan fingerprint density at radius 1 is 1.36 bits per heavy atom. The highest BCUT2D eigenvalue weighted by Crippen LogP contribution is 2.38. The lowest BCUT2D eigenvalue weighted by Gasteiger charge is -2.10. The fourth-order valence-electron chi connectivity index (χ4n) is 3.68. The van der Waals surface area contributed by atoms with Gasteiger partial charge in [0.25, 0.3) is 5.89 Å². The van der Waals surface area contributed by atoms with Crippen LogP contribution in [0.25, 0.3) is 22.8 Å². The van der Waals surface area contributed by atoms with Gasteiger partial charge >= 0.3 is 5.97 Å². The first-order valence-electron chi connectivity index (χ1n) is 10.7. The van der Waals surface area contributed by atoms with E-state index in [1.54, 1.807) is 19.1 Å². The number of hydrogen-bond donors (Lipinski definition) is 1. The van der Waals surface area contributed by atoms with Crippen molar-refractivity contribution in [1.29, 1.82) is 0 Å². The Morgan fingerprint density at radius 3 is 2.91 bits per heavy atom. The smallest absolute Gasteiger partial charge is 0.305 e. The number of hydrogen-bond acceptors (Lipinski definition) is 8. The molecule has 3 aromatic rings. The van der Waals surface area contributed by atoms with Crippen molar-refractivity contribution < 1.29 is 23.2 Å². The molecule has 3 heterocycles. The van der Waals surface area contributed by atoms with E-state index < -0.39 is 5.82 Å². The minimum Gasteiger partial charge on any atom is -0.474 e. The molecule has 1 aliphatic rings. The minimum absolute atomic E-state index is 0.0218. The number of ether oxygens (including phenoxy) is 2. The van der Waals surface area contributed by atoms with Gasteiger partial charge in [0.05, 0.1) is 23.8 Å². The highest BCUT2D eigenvalue weighted by atomic mass is 35.5. The van der Waals surface area contributed by atoms with Crippen LogP contribution in [0.15, 0.2) is 28.9 Å². The molecule has 174 valence electrons. The van der Waals surface area contributed by atoms with Crippen LogP contribution < -0.4 is 10.1 Å². The molecule has 1 aromatic carbocycles. The number of pyridine rings is 1. The van der Waals surface area contributed by atoms with Crippen LogP contribution in [0.5, 0.6) is 5.88 Å². The van der Waals surface area contributed by atoms with E-state index in [2.05, 4.69) is 20.4 Å². The molecule has 1 N–H and O–H groups in total. The molecular formula is C23H24ClFN4O4. The number of anilines is 1. The van der Waals surface area contributed by atoms with Crippen molar-refractivity contribution in [2.75, 3.05) is 18.5 Å². The SMILES string of the molecule is CCOC(=O)CCC1CNc2cc(-c3noc(-c4cnc(OC(C)C)c(Cl)c4)n3)c(F)cc21. The Labute approximate surface area is 195 Å². The molecule has 1 aliphatic heterocycles. The van der Waals surface area contributed by atoms with Gasteiger partial charge < -0.3 is 19.3 Å². The van der Waals surface area contributed by atoms with Gasteiger partial charge in [0, 0.05) is 30.8 Å². The zero-order chi connectivity index (χ0) is 23.5. The first kappa shape index (κ1) is 23.0. The Kier molecular flexibility index (Phi) is 6.78. The Morgan fingerprint density at radius 2 is 2.18 bits per heavy atom. The van der Waals surface area contributed by atoms with E-state index >= 15 is 0 Å². The number of aromatic nitrogens is 3. The maximum Gasteiger partial charge on any atom is 0.305 e. The summed E-state index contributed by atoms with van der Waals surface area (Å²) in [5, 5.41) is 7.50. The molecule has 4 rings (SSSR count). The van der Waals surface area contributed by atoms with Crippen molar-refractivity contribution in [3.8, 4) is 28.7 Å². The van der Waals surface area contributed by atoms with Crippen LogP contribution in [-0.2, 0) is 9.53 Å². The molecule has 0 fully saturated rings. The number of benzene rings is 1. The average molecular weight is 475 g/mol. The second-order valence-electron chi connectivity index (χ2n) is 7.94. The van der Waals surface area contributed by atoms with E-state index in [0.29, 0.717) is 36.0 Å². The van der Waals surface area contributed by atoms with Crippen LogP contribution in [0.1, 0.15) is 45.1 Å². The van der Waals surface area contributed by atoms with Crippen molar-refractivity contribution >= 4 is 23.3 Å². The van der Waals surface area contributed by atoms with Crippen molar-refractivity contribution in [2.24, 2.45) is 0 Å². The van der Waals surface area contributed by atoms with Gasteiger partial charge in [-0.15, -0.1) is 0 Å². The molecule has 0 radical (unpaired) electrons. The molecule has 0 amide bonds. The summed E-state index contributed by atoms with van der Waals surface area (Å²) in [5.41, 5.74) is 2.31. The van der Waals surface area contributed by atoms with Crippen LogP contribution >= 0.6 is 11.6 Å². The number of rotatable bonds is 8. The standard InChI is InChI=1S/C23H24ClFN4O4/c1-4-31-20(30)6-5-13-10-26-19-9-16(18(25)8-15(13)19)21-28-22(33-29-21)14-7-17(24)23(27-11-14)32-12(2)3/h7-9,11-13,26H,4-6,10H2,1-3H3. The predicted molar refractivity (Wildman–Crippen MR) is 121 cm³/mol. The van der Waals surface area contributed by atoms with Crippen molar-refractivity contribution in [3.05, 3.63) is 40.8 Å². The van der Waals surface area contributed by atoms with Gasteiger partial charge in [-0.1, -0.05) is 16.8 Å². The van der Waals surface area contributed by atoms with Gasteiger partial charge in [-0.25, -0.2) is 9.37 Å². The molecule has 0 saturated carbocycles. The summed E-state index contributed by atoms with van der Waals surface area (Å²) >= 11 is 6.24. The summed E-state index contributed by atoms with van der Waals surface area (Å²) in [4.78, 5) is 20.2. The number of halogens is 2. The molecule has 1 atom stereocenters. The monoisotopic (exact) mass is 474 g/mol. The Bertz CT molecular complexity index is 1170. The number of carbonyl (C=O) groups is 1. The fourth-order valence-corrected chi connectivity index (χ4v) is 3.89. The molecule has 33 heavy (non-hydrogen) atoms.